The smallest absolute Gasteiger partial charge is 0.312 e. The fraction of sp³-hybridized carbons (Fsp3) is 0.696. The molecule has 2 nitrogen and oxygen atoms in total. The first-order valence-electron chi connectivity index (χ1n) is 9.91. The van der Waals surface area contributed by atoms with E-state index < -0.39 is 0 Å². The molecule has 138 valence electrons. The van der Waals surface area contributed by atoms with Gasteiger partial charge in [0.05, 0.1) is 5.41 Å². The van der Waals surface area contributed by atoms with Crippen molar-refractivity contribution in [2.45, 2.75) is 65.7 Å². The molecule has 3 aliphatic rings. The van der Waals surface area contributed by atoms with E-state index in [1.165, 1.54) is 19.3 Å². The average molecular weight is 343 g/mol. The van der Waals surface area contributed by atoms with Crippen molar-refractivity contribution < 1.29 is 9.53 Å². The minimum absolute atomic E-state index is 0.0193. The van der Waals surface area contributed by atoms with Crippen molar-refractivity contribution in [2.75, 3.05) is 6.61 Å². The van der Waals surface area contributed by atoms with Gasteiger partial charge in [-0.05, 0) is 68.1 Å². The number of fused-ring (bicyclic) bond motifs is 3. The lowest BCUT2D eigenvalue weighted by Crippen LogP contribution is -2.53. The van der Waals surface area contributed by atoms with E-state index in [1.807, 2.05) is 0 Å². The fourth-order valence-corrected chi connectivity index (χ4v) is 6.16. The first-order valence-corrected chi connectivity index (χ1v) is 9.91. The van der Waals surface area contributed by atoms with E-state index in [0.29, 0.717) is 18.4 Å². The normalized spacial score (nSPS) is 43.2. The van der Waals surface area contributed by atoms with E-state index in [2.05, 4.69) is 46.1 Å². The largest absolute Gasteiger partial charge is 0.461 e. The summed E-state index contributed by atoms with van der Waals surface area (Å²) in [6, 6.07) is 0. The highest BCUT2D eigenvalue weighted by Crippen LogP contribution is 2.64. The van der Waals surface area contributed by atoms with Crippen LogP contribution in [0.4, 0.5) is 0 Å². The third-order valence-electron chi connectivity index (χ3n) is 7.63. The van der Waals surface area contributed by atoms with Crippen molar-refractivity contribution in [3.63, 3.8) is 0 Å². The quantitative estimate of drug-likeness (QED) is 0.473. The van der Waals surface area contributed by atoms with Crippen LogP contribution in [0.3, 0.4) is 0 Å². The number of hydrogen-bond acceptors (Lipinski definition) is 2. The second kappa shape index (κ2) is 6.45. The molecule has 25 heavy (non-hydrogen) atoms. The van der Waals surface area contributed by atoms with Gasteiger partial charge in [0.2, 0.25) is 0 Å². The number of carbonyl (C=O) groups is 1. The fourth-order valence-electron chi connectivity index (χ4n) is 6.16. The van der Waals surface area contributed by atoms with Crippen molar-refractivity contribution >= 4 is 5.97 Å². The Hall–Kier alpha value is -1.31. The Kier molecular flexibility index (Phi) is 4.77. The monoisotopic (exact) mass is 342 g/mol. The van der Waals surface area contributed by atoms with Crippen LogP contribution < -0.4 is 0 Å². The maximum atomic E-state index is 12.9. The molecule has 0 aliphatic heterocycles. The summed E-state index contributed by atoms with van der Waals surface area (Å²) in [6.07, 6.45) is 14.2. The van der Waals surface area contributed by atoms with Gasteiger partial charge in [-0.15, -0.1) is 6.58 Å². The van der Waals surface area contributed by atoms with E-state index >= 15 is 0 Å². The molecule has 5 atom stereocenters. The van der Waals surface area contributed by atoms with Gasteiger partial charge in [0.25, 0.3) is 0 Å². The zero-order valence-corrected chi connectivity index (χ0v) is 16.3. The van der Waals surface area contributed by atoms with E-state index in [1.54, 1.807) is 11.6 Å². The van der Waals surface area contributed by atoms with Gasteiger partial charge in [0.1, 0.15) is 6.61 Å². The van der Waals surface area contributed by atoms with Crippen molar-refractivity contribution in [3.8, 4) is 0 Å². The predicted octanol–water partition coefficient (Wildman–Crippen LogP) is 5.85. The van der Waals surface area contributed by atoms with Crippen LogP contribution in [0, 0.1) is 28.1 Å². The molecule has 0 saturated heterocycles. The van der Waals surface area contributed by atoms with Crippen molar-refractivity contribution in [3.05, 3.63) is 37.0 Å². The average Bonchev–Trinajstić information content (AvgIpc) is 2.59. The predicted molar refractivity (Wildman–Crippen MR) is 103 cm³/mol. The highest BCUT2D eigenvalue weighted by molar-refractivity contribution is 5.77. The van der Waals surface area contributed by atoms with E-state index in [4.69, 9.17) is 4.74 Å². The van der Waals surface area contributed by atoms with Gasteiger partial charge in [-0.25, -0.2) is 0 Å². The summed E-state index contributed by atoms with van der Waals surface area (Å²) < 4.78 is 5.52. The zero-order valence-electron chi connectivity index (χ0n) is 16.3. The lowest BCUT2D eigenvalue weighted by atomic mass is 9.46. The molecular weight excluding hydrogens is 308 g/mol. The number of allylic oxidation sites excluding steroid dienone is 3. The van der Waals surface area contributed by atoms with Crippen LogP contribution in [0.15, 0.2) is 37.0 Å². The van der Waals surface area contributed by atoms with E-state index in [-0.39, 0.29) is 22.2 Å². The zero-order chi connectivity index (χ0) is 18.3. The number of esters is 1. The van der Waals surface area contributed by atoms with Crippen LogP contribution in [-0.2, 0) is 9.53 Å². The Balaban J connectivity index is 1.92. The molecule has 0 bridgehead atoms. The molecule has 2 saturated carbocycles. The molecule has 0 spiro atoms. The molecule has 3 rings (SSSR count). The van der Waals surface area contributed by atoms with Gasteiger partial charge in [-0.3, -0.25) is 4.79 Å². The topological polar surface area (TPSA) is 26.3 Å². The summed E-state index contributed by atoms with van der Waals surface area (Å²) >= 11 is 0. The summed E-state index contributed by atoms with van der Waals surface area (Å²) in [5, 5.41) is 0. The Morgan fingerprint density at radius 1 is 1.28 bits per heavy atom. The van der Waals surface area contributed by atoms with Crippen LogP contribution in [0.5, 0.6) is 0 Å². The van der Waals surface area contributed by atoms with Gasteiger partial charge < -0.3 is 4.74 Å². The van der Waals surface area contributed by atoms with Crippen molar-refractivity contribution in [2.24, 2.45) is 28.1 Å². The lowest BCUT2D eigenvalue weighted by Gasteiger charge is -2.58. The second-order valence-electron chi connectivity index (χ2n) is 9.33. The Morgan fingerprint density at radius 2 is 2.04 bits per heavy atom. The molecule has 0 aromatic heterocycles. The van der Waals surface area contributed by atoms with Crippen molar-refractivity contribution in [1.82, 2.24) is 0 Å². The molecule has 0 amide bonds. The first-order chi connectivity index (χ1) is 11.8. The molecule has 0 N–H and O–H groups in total. The maximum Gasteiger partial charge on any atom is 0.312 e. The molecule has 0 aromatic carbocycles. The van der Waals surface area contributed by atoms with E-state index in [0.717, 1.165) is 25.7 Å². The lowest BCUT2D eigenvalue weighted by molar-refractivity contribution is -0.166. The van der Waals surface area contributed by atoms with Crippen LogP contribution in [0.1, 0.15) is 65.7 Å². The molecule has 2 heteroatoms. The van der Waals surface area contributed by atoms with E-state index in [9.17, 15) is 4.79 Å². The van der Waals surface area contributed by atoms with Crippen molar-refractivity contribution in [1.29, 1.82) is 0 Å². The Labute approximate surface area is 153 Å². The van der Waals surface area contributed by atoms with Crippen LogP contribution >= 0.6 is 0 Å². The molecule has 0 unspecified atom stereocenters. The second-order valence-corrected chi connectivity index (χ2v) is 9.33. The third kappa shape index (κ3) is 2.92. The maximum absolute atomic E-state index is 12.9. The highest BCUT2D eigenvalue weighted by Gasteiger charge is 2.58. The highest BCUT2D eigenvalue weighted by atomic mass is 16.5. The summed E-state index contributed by atoms with van der Waals surface area (Å²) in [5.74, 6) is 1.03. The summed E-state index contributed by atoms with van der Waals surface area (Å²) in [5.41, 5.74) is 1.65. The molecule has 0 radical (unpaired) electrons. The van der Waals surface area contributed by atoms with Gasteiger partial charge in [0, 0.05) is 0 Å². The van der Waals surface area contributed by atoms with Gasteiger partial charge in [0.15, 0.2) is 0 Å². The van der Waals surface area contributed by atoms with Gasteiger partial charge in [-0.1, -0.05) is 50.6 Å². The molecular formula is C23H34O2. The number of carbonyl (C=O) groups excluding carboxylic acids is 1. The van der Waals surface area contributed by atoms with Crippen LogP contribution in [0.2, 0.25) is 0 Å². The molecule has 2 fully saturated rings. The Bertz CT molecular complexity index is 603. The Morgan fingerprint density at radius 3 is 2.72 bits per heavy atom. The third-order valence-corrected chi connectivity index (χ3v) is 7.63. The molecule has 0 heterocycles. The summed E-state index contributed by atoms with van der Waals surface area (Å²) in [4.78, 5) is 12.9. The minimum Gasteiger partial charge on any atom is -0.461 e. The number of ether oxygens (including phenoxy) is 1. The molecule has 0 aromatic rings. The first kappa shape index (κ1) is 18.5. The minimum atomic E-state index is -0.360. The number of hydrogen-bond donors (Lipinski definition) is 0. The van der Waals surface area contributed by atoms with Gasteiger partial charge >= 0.3 is 5.97 Å². The SMILES string of the molecule is C=CCOC(=O)[C@]1(C)CCC[C@@]2(C)C3=CC[C@](C)(C=C)C[C@@H]3CC[C@H]12. The van der Waals surface area contributed by atoms with Crippen LogP contribution in [-0.4, -0.2) is 12.6 Å². The summed E-state index contributed by atoms with van der Waals surface area (Å²) in [7, 11) is 0. The van der Waals surface area contributed by atoms with Crippen LogP contribution in [0.25, 0.3) is 0 Å². The number of rotatable bonds is 4. The summed E-state index contributed by atoms with van der Waals surface area (Å²) in [6.45, 7) is 15.0. The van der Waals surface area contributed by atoms with Gasteiger partial charge in [-0.2, -0.15) is 0 Å². The molecule has 3 aliphatic carbocycles. The standard InChI is InChI=1S/C23H34O2/c1-6-15-25-20(24)23(5)13-8-12-22(4)18-11-14-21(3,7-2)16-17(18)9-10-19(22)23/h6-7,11,17,19H,1-2,8-10,12-16H2,3-5H3/t17-,19-,21-,22-,23+/m0/s1.